The Morgan fingerprint density at radius 1 is 1.14 bits per heavy atom. The van der Waals surface area contributed by atoms with Gasteiger partial charge in [0.1, 0.15) is 0 Å². The molecule has 0 aliphatic heterocycles. The van der Waals surface area contributed by atoms with Gasteiger partial charge in [0.2, 0.25) is 0 Å². The monoisotopic (exact) mass is 191 g/mol. The Kier molecular flexibility index (Phi) is 3.70. The fraction of sp³-hybridized carbons (Fsp3) is 0.538. The van der Waals surface area contributed by atoms with Crippen molar-refractivity contribution in [2.24, 2.45) is 5.73 Å². The van der Waals surface area contributed by atoms with Crippen molar-refractivity contribution in [1.82, 2.24) is 0 Å². The smallest absolute Gasteiger partial charge is 0.00136 e. The van der Waals surface area contributed by atoms with Crippen LogP contribution in [0.2, 0.25) is 0 Å². The summed E-state index contributed by atoms with van der Waals surface area (Å²) in [6.45, 7) is 8.60. The Hall–Kier alpha value is -0.820. The largest absolute Gasteiger partial charge is 0.328 e. The number of aryl methyl sites for hydroxylation is 3. The van der Waals surface area contributed by atoms with Gasteiger partial charge in [-0.1, -0.05) is 17.7 Å². The van der Waals surface area contributed by atoms with Crippen LogP contribution in [0.25, 0.3) is 0 Å². The van der Waals surface area contributed by atoms with Gasteiger partial charge < -0.3 is 5.73 Å². The highest BCUT2D eigenvalue weighted by atomic mass is 14.6. The van der Waals surface area contributed by atoms with Gasteiger partial charge in [-0.05, 0) is 57.2 Å². The zero-order valence-corrected chi connectivity index (χ0v) is 9.72. The maximum atomic E-state index is 5.77. The Morgan fingerprint density at radius 2 is 1.64 bits per heavy atom. The summed E-state index contributed by atoms with van der Waals surface area (Å²) in [5.74, 6) is 0. The molecule has 1 heteroatoms. The second-order valence-corrected chi connectivity index (χ2v) is 4.39. The highest BCUT2D eigenvalue weighted by Gasteiger charge is 2.04. The van der Waals surface area contributed by atoms with Crippen molar-refractivity contribution >= 4 is 0 Å². The highest BCUT2D eigenvalue weighted by molar-refractivity contribution is 5.37. The van der Waals surface area contributed by atoms with Gasteiger partial charge in [-0.15, -0.1) is 0 Å². The molecule has 0 unspecified atom stereocenters. The molecule has 1 atom stereocenters. The summed E-state index contributed by atoms with van der Waals surface area (Å²) in [4.78, 5) is 0. The number of rotatable bonds is 3. The van der Waals surface area contributed by atoms with Crippen LogP contribution in [0.15, 0.2) is 12.1 Å². The van der Waals surface area contributed by atoms with Crippen molar-refractivity contribution in [3.63, 3.8) is 0 Å². The molecule has 78 valence electrons. The van der Waals surface area contributed by atoms with Crippen LogP contribution in [0.4, 0.5) is 0 Å². The molecule has 1 aromatic rings. The maximum Gasteiger partial charge on any atom is 0.00136 e. The Bertz CT molecular complexity index is 290. The molecule has 1 rings (SSSR count). The lowest BCUT2D eigenvalue weighted by molar-refractivity contribution is 0.663. The van der Waals surface area contributed by atoms with Crippen LogP contribution in [0.1, 0.15) is 35.6 Å². The minimum Gasteiger partial charge on any atom is -0.328 e. The predicted molar refractivity (Wildman–Crippen MR) is 62.6 cm³/mol. The first kappa shape index (κ1) is 11.3. The topological polar surface area (TPSA) is 26.0 Å². The van der Waals surface area contributed by atoms with E-state index in [0.29, 0.717) is 6.04 Å². The summed E-state index contributed by atoms with van der Waals surface area (Å²) in [7, 11) is 0. The minimum atomic E-state index is 0.301. The highest BCUT2D eigenvalue weighted by Crippen LogP contribution is 2.18. The molecule has 14 heavy (non-hydrogen) atoms. The molecule has 0 amide bonds. The van der Waals surface area contributed by atoms with Gasteiger partial charge in [0.15, 0.2) is 0 Å². The van der Waals surface area contributed by atoms with Crippen molar-refractivity contribution in [2.45, 2.75) is 46.6 Å². The third-order valence-electron chi connectivity index (χ3n) is 2.69. The van der Waals surface area contributed by atoms with E-state index in [4.69, 9.17) is 5.73 Å². The Balaban J connectivity index is 2.86. The van der Waals surface area contributed by atoms with E-state index in [9.17, 15) is 0 Å². The molecule has 0 aliphatic carbocycles. The summed E-state index contributed by atoms with van der Waals surface area (Å²) < 4.78 is 0. The van der Waals surface area contributed by atoms with Crippen LogP contribution >= 0.6 is 0 Å². The lowest BCUT2D eigenvalue weighted by Crippen LogP contribution is -2.16. The average Bonchev–Trinajstić information content (AvgIpc) is 2.01. The summed E-state index contributed by atoms with van der Waals surface area (Å²) >= 11 is 0. The average molecular weight is 191 g/mol. The fourth-order valence-electron chi connectivity index (χ4n) is 1.98. The molecule has 1 nitrogen and oxygen atoms in total. The summed E-state index contributed by atoms with van der Waals surface area (Å²) in [6, 6.07) is 4.81. The molecular weight excluding hydrogens is 170 g/mol. The normalized spacial score (nSPS) is 12.9. The van der Waals surface area contributed by atoms with Crippen LogP contribution in [0.3, 0.4) is 0 Å². The van der Waals surface area contributed by atoms with Gasteiger partial charge in [0, 0.05) is 6.04 Å². The van der Waals surface area contributed by atoms with E-state index < -0.39 is 0 Å². The Morgan fingerprint density at radius 3 is 2.07 bits per heavy atom. The lowest BCUT2D eigenvalue weighted by Gasteiger charge is -2.12. The standard InChI is InChI=1S/C13H21N/c1-9-7-10(2)13(11(3)8-9)6-5-12(4)14/h7-8,12H,5-6,14H2,1-4H3/t12-/m1/s1. The third-order valence-corrected chi connectivity index (χ3v) is 2.69. The van der Waals surface area contributed by atoms with Crippen LogP contribution in [-0.2, 0) is 6.42 Å². The molecule has 0 heterocycles. The first-order valence-electron chi connectivity index (χ1n) is 5.33. The van der Waals surface area contributed by atoms with E-state index in [2.05, 4.69) is 39.8 Å². The van der Waals surface area contributed by atoms with Crippen molar-refractivity contribution < 1.29 is 0 Å². The van der Waals surface area contributed by atoms with Crippen LogP contribution in [-0.4, -0.2) is 6.04 Å². The molecule has 0 bridgehead atoms. The van der Waals surface area contributed by atoms with Crippen LogP contribution in [0, 0.1) is 20.8 Å². The van der Waals surface area contributed by atoms with Crippen molar-refractivity contribution in [2.75, 3.05) is 0 Å². The third kappa shape index (κ3) is 2.85. The number of hydrogen-bond donors (Lipinski definition) is 1. The van der Waals surface area contributed by atoms with E-state index >= 15 is 0 Å². The molecule has 2 N–H and O–H groups in total. The van der Waals surface area contributed by atoms with Crippen molar-refractivity contribution in [1.29, 1.82) is 0 Å². The van der Waals surface area contributed by atoms with E-state index in [-0.39, 0.29) is 0 Å². The van der Waals surface area contributed by atoms with E-state index in [1.807, 2.05) is 0 Å². The van der Waals surface area contributed by atoms with Crippen molar-refractivity contribution in [3.8, 4) is 0 Å². The van der Waals surface area contributed by atoms with E-state index in [0.717, 1.165) is 12.8 Å². The van der Waals surface area contributed by atoms with Gasteiger partial charge in [-0.3, -0.25) is 0 Å². The van der Waals surface area contributed by atoms with Gasteiger partial charge in [0.25, 0.3) is 0 Å². The first-order chi connectivity index (χ1) is 6.50. The summed E-state index contributed by atoms with van der Waals surface area (Å²) in [5.41, 5.74) is 11.4. The quantitative estimate of drug-likeness (QED) is 0.781. The molecule has 0 spiro atoms. The summed E-state index contributed by atoms with van der Waals surface area (Å²) in [6.07, 6.45) is 2.18. The van der Waals surface area contributed by atoms with Gasteiger partial charge >= 0.3 is 0 Å². The van der Waals surface area contributed by atoms with Gasteiger partial charge in [0.05, 0.1) is 0 Å². The van der Waals surface area contributed by atoms with Crippen LogP contribution < -0.4 is 5.73 Å². The maximum absolute atomic E-state index is 5.77. The molecular formula is C13H21N. The fourth-order valence-corrected chi connectivity index (χ4v) is 1.98. The minimum absolute atomic E-state index is 0.301. The number of nitrogens with two attached hydrogens (primary N) is 1. The zero-order valence-electron chi connectivity index (χ0n) is 9.72. The SMILES string of the molecule is Cc1cc(C)c(CC[C@@H](C)N)c(C)c1. The summed E-state index contributed by atoms with van der Waals surface area (Å²) in [5, 5.41) is 0. The number of hydrogen-bond acceptors (Lipinski definition) is 1. The molecule has 0 saturated heterocycles. The molecule has 1 aromatic carbocycles. The molecule has 0 aliphatic rings. The number of benzene rings is 1. The van der Waals surface area contributed by atoms with Crippen LogP contribution in [0.5, 0.6) is 0 Å². The molecule has 0 saturated carbocycles. The molecule has 0 radical (unpaired) electrons. The van der Waals surface area contributed by atoms with E-state index in [1.54, 1.807) is 0 Å². The second-order valence-electron chi connectivity index (χ2n) is 4.39. The zero-order chi connectivity index (χ0) is 10.7. The Labute approximate surface area is 87.3 Å². The second kappa shape index (κ2) is 4.61. The van der Waals surface area contributed by atoms with Crippen molar-refractivity contribution in [3.05, 3.63) is 34.4 Å². The molecule has 0 aromatic heterocycles. The lowest BCUT2D eigenvalue weighted by atomic mass is 9.95. The van der Waals surface area contributed by atoms with Gasteiger partial charge in [-0.2, -0.15) is 0 Å². The van der Waals surface area contributed by atoms with Gasteiger partial charge in [-0.25, -0.2) is 0 Å². The first-order valence-corrected chi connectivity index (χ1v) is 5.33. The van der Waals surface area contributed by atoms with E-state index in [1.165, 1.54) is 22.3 Å². The molecule has 0 fully saturated rings. The predicted octanol–water partition coefficient (Wildman–Crippen LogP) is 2.89.